The SMILES string of the molecule is NCc1cccc(NC(=O)CN(CCO)CC(F)F)c1. The van der Waals surface area contributed by atoms with E-state index < -0.39 is 18.9 Å². The van der Waals surface area contributed by atoms with Crippen molar-refractivity contribution in [3.8, 4) is 0 Å². The van der Waals surface area contributed by atoms with Crippen molar-refractivity contribution >= 4 is 11.6 Å². The first-order valence-electron chi connectivity index (χ1n) is 6.25. The second kappa shape index (κ2) is 8.57. The summed E-state index contributed by atoms with van der Waals surface area (Å²) < 4.78 is 24.6. The fourth-order valence-electron chi connectivity index (χ4n) is 1.75. The lowest BCUT2D eigenvalue weighted by molar-refractivity contribution is -0.117. The molecule has 0 heterocycles. The maximum Gasteiger partial charge on any atom is 0.251 e. The van der Waals surface area contributed by atoms with E-state index in [4.69, 9.17) is 10.8 Å². The Labute approximate surface area is 116 Å². The minimum atomic E-state index is -2.55. The van der Waals surface area contributed by atoms with E-state index in [0.29, 0.717) is 12.2 Å². The zero-order valence-corrected chi connectivity index (χ0v) is 11.1. The average molecular weight is 287 g/mol. The quantitative estimate of drug-likeness (QED) is 0.656. The molecule has 0 fully saturated rings. The Kier molecular flexibility index (Phi) is 7.06. The van der Waals surface area contributed by atoms with Crippen molar-refractivity contribution in [2.75, 3.05) is 31.6 Å². The molecule has 20 heavy (non-hydrogen) atoms. The average Bonchev–Trinajstić information content (AvgIpc) is 2.38. The van der Waals surface area contributed by atoms with Crippen molar-refractivity contribution in [3.05, 3.63) is 29.8 Å². The van der Waals surface area contributed by atoms with Crippen molar-refractivity contribution in [2.45, 2.75) is 13.0 Å². The van der Waals surface area contributed by atoms with Crippen LogP contribution in [-0.4, -0.2) is 48.6 Å². The first-order valence-corrected chi connectivity index (χ1v) is 6.25. The molecule has 112 valence electrons. The van der Waals surface area contributed by atoms with Gasteiger partial charge in [0.05, 0.1) is 19.7 Å². The minimum Gasteiger partial charge on any atom is -0.395 e. The van der Waals surface area contributed by atoms with Crippen LogP contribution >= 0.6 is 0 Å². The molecule has 4 N–H and O–H groups in total. The molecule has 0 atom stereocenters. The molecular formula is C13H19F2N3O2. The topological polar surface area (TPSA) is 78.6 Å². The van der Waals surface area contributed by atoms with E-state index in [1.807, 2.05) is 6.07 Å². The molecule has 0 spiro atoms. The van der Waals surface area contributed by atoms with Crippen LogP contribution in [0.1, 0.15) is 5.56 Å². The summed E-state index contributed by atoms with van der Waals surface area (Å²) in [5.41, 5.74) is 6.92. The molecule has 0 radical (unpaired) electrons. The summed E-state index contributed by atoms with van der Waals surface area (Å²) >= 11 is 0. The Bertz CT molecular complexity index is 430. The highest BCUT2D eigenvalue weighted by Crippen LogP contribution is 2.10. The van der Waals surface area contributed by atoms with E-state index in [1.165, 1.54) is 4.90 Å². The highest BCUT2D eigenvalue weighted by atomic mass is 19.3. The lowest BCUT2D eigenvalue weighted by Crippen LogP contribution is -2.38. The molecule has 0 saturated heterocycles. The molecule has 5 nitrogen and oxygen atoms in total. The summed E-state index contributed by atoms with van der Waals surface area (Å²) in [5, 5.41) is 11.4. The van der Waals surface area contributed by atoms with Gasteiger partial charge >= 0.3 is 0 Å². The van der Waals surface area contributed by atoms with Crippen molar-refractivity contribution in [2.24, 2.45) is 5.73 Å². The van der Waals surface area contributed by atoms with Crippen molar-refractivity contribution in [1.29, 1.82) is 0 Å². The van der Waals surface area contributed by atoms with Gasteiger partial charge in [0.2, 0.25) is 5.91 Å². The number of aliphatic hydroxyl groups is 1. The van der Waals surface area contributed by atoms with E-state index in [9.17, 15) is 13.6 Å². The Morgan fingerprint density at radius 3 is 2.80 bits per heavy atom. The van der Waals surface area contributed by atoms with Gasteiger partial charge < -0.3 is 16.2 Å². The molecule has 1 rings (SSSR count). The smallest absolute Gasteiger partial charge is 0.251 e. The fraction of sp³-hybridized carbons (Fsp3) is 0.462. The summed E-state index contributed by atoms with van der Waals surface area (Å²) in [6.45, 7) is -0.635. The zero-order chi connectivity index (χ0) is 15.0. The van der Waals surface area contributed by atoms with E-state index >= 15 is 0 Å². The van der Waals surface area contributed by atoms with Crippen molar-refractivity contribution in [1.82, 2.24) is 4.90 Å². The minimum absolute atomic E-state index is 0.0284. The summed E-state index contributed by atoms with van der Waals surface area (Å²) in [7, 11) is 0. The molecule has 0 unspecified atom stereocenters. The summed E-state index contributed by atoms with van der Waals surface area (Å²) in [5.74, 6) is -0.409. The molecule has 0 aliphatic heterocycles. The number of carbonyl (C=O) groups is 1. The summed E-state index contributed by atoms with van der Waals surface area (Å²) in [6.07, 6.45) is -2.55. The van der Waals surface area contributed by atoms with E-state index in [0.717, 1.165) is 5.56 Å². The van der Waals surface area contributed by atoms with Gasteiger partial charge in [-0.05, 0) is 17.7 Å². The largest absolute Gasteiger partial charge is 0.395 e. The van der Waals surface area contributed by atoms with Gasteiger partial charge in [-0.3, -0.25) is 9.69 Å². The van der Waals surface area contributed by atoms with Gasteiger partial charge in [0, 0.05) is 18.8 Å². The number of nitrogens with one attached hydrogen (secondary N) is 1. The van der Waals surface area contributed by atoms with Crippen LogP contribution < -0.4 is 11.1 Å². The highest BCUT2D eigenvalue weighted by molar-refractivity contribution is 5.92. The van der Waals surface area contributed by atoms with Crippen LogP contribution in [0.15, 0.2) is 24.3 Å². The Morgan fingerprint density at radius 2 is 2.20 bits per heavy atom. The number of carbonyl (C=O) groups excluding carboxylic acids is 1. The number of aliphatic hydroxyl groups excluding tert-OH is 1. The monoisotopic (exact) mass is 287 g/mol. The molecule has 0 aliphatic carbocycles. The highest BCUT2D eigenvalue weighted by Gasteiger charge is 2.15. The van der Waals surface area contributed by atoms with Crippen LogP contribution in [-0.2, 0) is 11.3 Å². The fourth-order valence-corrected chi connectivity index (χ4v) is 1.75. The van der Waals surface area contributed by atoms with Gasteiger partial charge in [-0.1, -0.05) is 12.1 Å². The molecule has 0 bridgehead atoms. The number of rotatable bonds is 8. The normalized spacial score (nSPS) is 11.1. The third-order valence-electron chi connectivity index (χ3n) is 2.63. The standard InChI is InChI=1S/C13H19F2N3O2/c14-12(15)8-18(4-5-19)9-13(20)17-11-3-1-2-10(6-11)7-16/h1-3,6,12,19H,4-5,7-9,16H2,(H,17,20). The van der Waals surface area contributed by atoms with Gasteiger partial charge in [0.15, 0.2) is 0 Å². The van der Waals surface area contributed by atoms with Gasteiger partial charge in [0.25, 0.3) is 6.43 Å². The number of amides is 1. The Balaban J connectivity index is 2.55. The van der Waals surface area contributed by atoms with Crippen molar-refractivity contribution < 1.29 is 18.7 Å². The molecule has 1 aromatic rings. The lowest BCUT2D eigenvalue weighted by Gasteiger charge is -2.20. The molecular weight excluding hydrogens is 268 g/mol. The number of nitrogens with zero attached hydrogens (tertiary/aromatic N) is 1. The summed E-state index contributed by atoms with van der Waals surface area (Å²) in [4.78, 5) is 13.0. The molecule has 0 aliphatic rings. The van der Waals surface area contributed by atoms with Gasteiger partial charge in [-0.25, -0.2) is 8.78 Å². The molecule has 7 heteroatoms. The zero-order valence-electron chi connectivity index (χ0n) is 11.1. The first-order chi connectivity index (χ1) is 9.55. The predicted molar refractivity (Wildman–Crippen MR) is 72.5 cm³/mol. The number of halogens is 2. The van der Waals surface area contributed by atoms with E-state index in [2.05, 4.69) is 5.32 Å². The first kappa shape index (κ1) is 16.5. The number of anilines is 1. The number of benzene rings is 1. The Morgan fingerprint density at radius 1 is 1.45 bits per heavy atom. The predicted octanol–water partition coefficient (Wildman–Crippen LogP) is 0.643. The molecule has 0 saturated carbocycles. The van der Waals surface area contributed by atoms with Crippen LogP contribution in [0.3, 0.4) is 0 Å². The second-order valence-corrected chi connectivity index (χ2v) is 4.30. The van der Waals surface area contributed by atoms with Crippen LogP contribution in [0, 0.1) is 0 Å². The third kappa shape index (κ3) is 6.05. The van der Waals surface area contributed by atoms with Gasteiger partial charge in [-0.15, -0.1) is 0 Å². The number of hydrogen-bond acceptors (Lipinski definition) is 4. The number of alkyl halides is 2. The van der Waals surface area contributed by atoms with Crippen LogP contribution in [0.5, 0.6) is 0 Å². The number of nitrogens with two attached hydrogens (primary N) is 1. The molecule has 1 amide bonds. The van der Waals surface area contributed by atoms with E-state index in [-0.39, 0.29) is 19.7 Å². The maximum absolute atomic E-state index is 12.3. The van der Waals surface area contributed by atoms with Crippen LogP contribution in [0.4, 0.5) is 14.5 Å². The molecule has 0 aromatic heterocycles. The Hall–Kier alpha value is -1.57. The van der Waals surface area contributed by atoms with Crippen LogP contribution in [0.25, 0.3) is 0 Å². The third-order valence-corrected chi connectivity index (χ3v) is 2.63. The molecule has 1 aromatic carbocycles. The summed E-state index contributed by atoms with van der Waals surface area (Å²) in [6, 6.07) is 6.99. The van der Waals surface area contributed by atoms with Gasteiger partial charge in [0.1, 0.15) is 0 Å². The van der Waals surface area contributed by atoms with Crippen molar-refractivity contribution in [3.63, 3.8) is 0 Å². The second-order valence-electron chi connectivity index (χ2n) is 4.30. The number of hydrogen-bond donors (Lipinski definition) is 3. The van der Waals surface area contributed by atoms with Crippen LogP contribution in [0.2, 0.25) is 0 Å². The van der Waals surface area contributed by atoms with E-state index in [1.54, 1.807) is 18.2 Å². The lowest BCUT2D eigenvalue weighted by atomic mass is 10.2. The maximum atomic E-state index is 12.3. The van der Waals surface area contributed by atoms with Gasteiger partial charge in [-0.2, -0.15) is 0 Å².